The van der Waals surface area contributed by atoms with Crippen molar-refractivity contribution < 1.29 is 18.1 Å². The van der Waals surface area contributed by atoms with Crippen molar-refractivity contribution >= 4 is 27.3 Å². The number of nitrogens with zero attached hydrogens (tertiary/aromatic N) is 3. The van der Waals surface area contributed by atoms with Crippen molar-refractivity contribution in [2.75, 3.05) is 31.5 Å². The summed E-state index contributed by atoms with van der Waals surface area (Å²) in [4.78, 5) is 24.2. The Hall–Kier alpha value is -2.20. The fourth-order valence-corrected chi connectivity index (χ4v) is 5.64. The highest BCUT2D eigenvalue weighted by Crippen LogP contribution is 2.32. The van der Waals surface area contributed by atoms with Crippen molar-refractivity contribution in [3.8, 4) is 0 Å². The maximum absolute atomic E-state index is 13.0. The molecule has 0 unspecified atom stereocenters. The lowest BCUT2D eigenvalue weighted by Crippen LogP contribution is -2.41. The lowest BCUT2D eigenvalue weighted by Gasteiger charge is -2.32. The van der Waals surface area contributed by atoms with E-state index >= 15 is 0 Å². The molecule has 160 valence electrons. The number of carbonyl (C=O) groups is 1. The molecule has 2 aliphatic heterocycles. The molecule has 0 aromatic heterocycles. The minimum atomic E-state index is -3.76. The summed E-state index contributed by atoms with van der Waals surface area (Å²) in [6.07, 6.45) is 3.14. The molecule has 0 bridgehead atoms. The Kier molecular flexibility index (Phi) is 6.42. The molecule has 0 spiro atoms. The standard InChI is InChI=1S/C19H28N4O5S/c1-14-4-3-9-22(13-14)29(27,28)17-5-6-18(19(12-17)23(25)26)20-16-7-10-21(11-8-16)15(2)24/h5-6,12,14,16,20H,3-4,7-11,13H2,1-2H3/t14-/m0/s1. The molecule has 2 fully saturated rings. The molecule has 9 nitrogen and oxygen atoms in total. The van der Waals surface area contributed by atoms with Crippen LogP contribution in [0, 0.1) is 16.0 Å². The number of hydrogen-bond acceptors (Lipinski definition) is 6. The van der Waals surface area contributed by atoms with Crippen molar-refractivity contribution in [2.45, 2.75) is 50.5 Å². The zero-order chi connectivity index (χ0) is 21.2. The summed E-state index contributed by atoms with van der Waals surface area (Å²) in [5, 5.41) is 14.8. The number of carbonyl (C=O) groups excluding carboxylic acids is 1. The van der Waals surface area contributed by atoms with Crippen LogP contribution in [-0.4, -0.2) is 60.7 Å². The molecule has 0 saturated carbocycles. The van der Waals surface area contributed by atoms with E-state index in [2.05, 4.69) is 5.32 Å². The van der Waals surface area contributed by atoms with E-state index < -0.39 is 14.9 Å². The summed E-state index contributed by atoms with van der Waals surface area (Å²) in [7, 11) is -3.76. The van der Waals surface area contributed by atoms with E-state index in [1.165, 1.54) is 23.4 Å². The van der Waals surface area contributed by atoms with E-state index in [1.807, 2.05) is 6.92 Å². The van der Waals surface area contributed by atoms with Gasteiger partial charge in [-0.25, -0.2) is 8.42 Å². The molecule has 0 aliphatic carbocycles. The lowest BCUT2D eigenvalue weighted by atomic mass is 10.0. The fourth-order valence-electron chi connectivity index (χ4n) is 4.02. The number of amides is 1. The van der Waals surface area contributed by atoms with Gasteiger partial charge in [0.25, 0.3) is 5.69 Å². The van der Waals surface area contributed by atoms with Crippen LogP contribution in [0.4, 0.5) is 11.4 Å². The Labute approximate surface area is 171 Å². The molecule has 0 radical (unpaired) electrons. The third-order valence-corrected chi connectivity index (χ3v) is 7.58. The quantitative estimate of drug-likeness (QED) is 0.574. The molecule has 2 aliphatic rings. The summed E-state index contributed by atoms with van der Waals surface area (Å²) in [5.41, 5.74) is 0.0624. The molecule has 10 heteroatoms. The summed E-state index contributed by atoms with van der Waals surface area (Å²) in [6, 6.07) is 4.07. The van der Waals surface area contributed by atoms with E-state index in [9.17, 15) is 23.3 Å². The first-order valence-corrected chi connectivity index (χ1v) is 11.4. The van der Waals surface area contributed by atoms with Crippen molar-refractivity contribution in [3.05, 3.63) is 28.3 Å². The number of nitro groups is 1. The average Bonchev–Trinajstić information content (AvgIpc) is 2.68. The fraction of sp³-hybridized carbons (Fsp3) is 0.632. The second-order valence-electron chi connectivity index (χ2n) is 7.97. The number of anilines is 1. The van der Waals surface area contributed by atoms with Crippen LogP contribution in [0.3, 0.4) is 0 Å². The number of sulfonamides is 1. The van der Waals surface area contributed by atoms with Crippen LogP contribution in [0.1, 0.15) is 39.5 Å². The van der Waals surface area contributed by atoms with Crippen molar-refractivity contribution in [1.29, 1.82) is 0 Å². The molecular weight excluding hydrogens is 396 g/mol. The van der Waals surface area contributed by atoms with Crippen LogP contribution in [0.15, 0.2) is 23.1 Å². The first-order valence-electron chi connectivity index (χ1n) is 9.99. The highest BCUT2D eigenvalue weighted by Gasteiger charge is 2.31. The highest BCUT2D eigenvalue weighted by molar-refractivity contribution is 7.89. The van der Waals surface area contributed by atoms with Gasteiger partial charge in [-0.15, -0.1) is 0 Å². The van der Waals surface area contributed by atoms with Gasteiger partial charge in [-0.2, -0.15) is 4.31 Å². The van der Waals surface area contributed by atoms with Gasteiger partial charge in [0.2, 0.25) is 15.9 Å². The van der Waals surface area contributed by atoms with Gasteiger partial charge in [0.15, 0.2) is 0 Å². The number of benzene rings is 1. The number of hydrogen-bond donors (Lipinski definition) is 1. The van der Waals surface area contributed by atoms with Gasteiger partial charge in [-0.05, 0) is 43.7 Å². The minimum absolute atomic E-state index is 0.00491. The van der Waals surface area contributed by atoms with Gasteiger partial charge in [0.1, 0.15) is 5.69 Å². The van der Waals surface area contributed by atoms with Crippen molar-refractivity contribution in [1.82, 2.24) is 9.21 Å². The van der Waals surface area contributed by atoms with Gasteiger partial charge in [0.05, 0.1) is 9.82 Å². The van der Waals surface area contributed by atoms with Gasteiger partial charge in [0, 0.05) is 45.2 Å². The second-order valence-corrected chi connectivity index (χ2v) is 9.91. The first kappa shape index (κ1) is 21.5. The largest absolute Gasteiger partial charge is 0.377 e. The molecule has 1 aromatic rings. The average molecular weight is 425 g/mol. The molecule has 1 atom stereocenters. The van der Waals surface area contributed by atoms with E-state index in [-0.39, 0.29) is 28.4 Å². The monoisotopic (exact) mass is 424 g/mol. The number of likely N-dealkylation sites (tertiary alicyclic amines) is 1. The van der Waals surface area contributed by atoms with Crippen LogP contribution < -0.4 is 5.32 Å². The molecule has 1 amide bonds. The Balaban J connectivity index is 1.79. The molecule has 2 saturated heterocycles. The van der Waals surface area contributed by atoms with Crippen molar-refractivity contribution in [3.63, 3.8) is 0 Å². The Morgan fingerprint density at radius 1 is 1.21 bits per heavy atom. The molecular formula is C19H28N4O5S. The first-order chi connectivity index (χ1) is 13.7. The van der Waals surface area contributed by atoms with Crippen molar-refractivity contribution in [2.24, 2.45) is 5.92 Å². The van der Waals surface area contributed by atoms with Crippen LogP contribution in [0.25, 0.3) is 0 Å². The van der Waals surface area contributed by atoms with Gasteiger partial charge < -0.3 is 10.2 Å². The topological polar surface area (TPSA) is 113 Å². The zero-order valence-electron chi connectivity index (χ0n) is 16.8. The zero-order valence-corrected chi connectivity index (χ0v) is 17.7. The Morgan fingerprint density at radius 3 is 2.48 bits per heavy atom. The highest BCUT2D eigenvalue weighted by atomic mass is 32.2. The SMILES string of the molecule is CC(=O)N1CCC(Nc2ccc(S(=O)(=O)N3CCC[C@H](C)C3)cc2[N+](=O)[O-])CC1. The smallest absolute Gasteiger partial charge is 0.293 e. The number of rotatable bonds is 5. The number of piperidine rings is 2. The lowest BCUT2D eigenvalue weighted by molar-refractivity contribution is -0.384. The van der Waals surface area contributed by atoms with E-state index in [1.54, 1.807) is 4.90 Å². The molecule has 29 heavy (non-hydrogen) atoms. The van der Waals surface area contributed by atoms with Crippen LogP contribution in [0.2, 0.25) is 0 Å². The number of nitro benzene ring substituents is 1. The van der Waals surface area contributed by atoms with Gasteiger partial charge in [-0.1, -0.05) is 6.92 Å². The number of nitrogens with one attached hydrogen (secondary N) is 1. The van der Waals surface area contributed by atoms with E-state index in [0.29, 0.717) is 44.7 Å². The Bertz CT molecular complexity index is 881. The minimum Gasteiger partial charge on any atom is -0.377 e. The molecule has 1 aromatic carbocycles. The third kappa shape index (κ3) is 4.87. The van der Waals surface area contributed by atoms with E-state index in [4.69, 9.17) is 0 Å². The van der Waals surface area contributed by atoms with Gasteiger partial charge in [-0.3, -0.25) is 14.9 Å². The summed E-state index contributed by atoms with van der Waals surface area (Å²) >= 11 is 0. The molecule has 1 N–H and O–H groups in total. The normalized spacial score (nSPS) is 21.7. The predicted molar refractivity (Wildman–Crippen MR) is 109 cm³/mol. The van der Waals surface area contributed by atoms with Crippen LogP contribution in [-0.2, 0) is 14.8 Å². The molecule has 2 heterocycles. The van der Waals surface area contributed by atoms with Crippen LogP contribution in [0.5, 0.6) is 0 Å². The van der Waals surface area contributed by atoms with Crippen LogP contribution >= 0.6 is 0 Å². The summed E-state index contributed by atoms with van der Waals surface area (Å²) in [6.45, 7) is 5.61. The second kappa shape index (κ2) is 8.66. The van der Waals surface area contributed by atoms with E-state index in [0.717, 1.165) is 18.9 Å². The summed E-state index contributed by atoms with van der Waals surface area (Å²) < 4.78 is 27.3. The summed E-state index contributed by atoms with van der Waals surface area (Å²) in [5.74, 6) is 0.298. The molecule has 3 rings (SSSR count). The Morgan fingerprint density at radius 2 is 1.90 bits per heavy atom. The predicted octanol–water partition coefficient (Wildman–Crippen LogP) is 2.44. The maximum Gasteiger partial charge on any atom is 0.293 e. The third-order valence-electron chi connectivity index (χ3n) is 5.72. The van der Waals surface area contributed by atoms with Gasteiger partial charge >= 0.3 is 0 Å². The maximum atomic E-state index is 13.0.